The van der Waals surface area contributed by atoms with Gasteiger partial charge < -0.3 is 14.8 Å². The van der Waals surface area contributed by atoms with Crippen molar-refractivity contribution in [1.82, 2.24) is 0 Å². The van der Waals surface area contributed by atoms with E-state index in [1.807, 2.05) is 6.92 Å². The molecule has 7 heteroatoms. The van der Waals surface area contributed by atoms with Gasteiger partial charge in [0.15, 0.2) is 4.93 Å². The molecule has 0 aliphatic rings. The molecule has 0 aromatic rings. The first kappa shape index (κ1) is 30.0. The van der Waals surface area contributed by atoms with Crippen LogP contribution < -0.4 is 29.6 Å². The summed E-state index contributed by atoms with van der Waals surface area (Å²) in [5, 5.41) is 20.5. The van der Waals surface area contributed by atoms with Gasteiger partial charge in [0.05, 0.1) is 0 Å². The maximum atomic E-state index is 12.1. The minimum atomic E-state index is -4.90. The third kappa shape index (κ3) is 10.4. The molecule has 0 amide bonds. The average molecular weight is 417 g/mol. The standard InChI is InChI=1S/C20H42O5S.Na/c1-5-9-11-17(7-3)15-19(13-14-21)20(22,26(23,24)25)16-18(8-4)12-10-6-2;/h17-19,21-22H,5-16H2,1-4H3,(H,23,24,25);/q;+1/p-1. The van der Waals surface area contributed by atoms with E-state index in [0.717, 1.165) is 51.4 Å². The minimum absolute atomic E-state index is 0. The van der Waals surface area contributed by atoms with Crippen LogP contribution in [0.1, 0.15) is 98.3 Å². The van der Waals surface area contributed by atoms with Crippen LogP contribution in [0.4, 0.5) is 0 Å². The van der Waals surface area contributed by atoms with Crippen molar-refractivity contribution in [2.75, 3.05) is 6.61 Å². The van der Waals surface area contributed by atoms with Crippen molar-refractivity contribution < 1.29 is 52.7 Å². The van der Waals surface area contributed by atoms with Gasteiger partial charge in [0.25, 0.3) is 0 Å². The Morgan fingerprint density at radius 3 is 1.78 bits per heavy atom. The number of rotatable bonds is 16. The molecule has 0 aromatic carbocycles. The molecule has 0 radical (unpaired) electrons. The van der Waals surface area contributed by atoms with Gasteiger partial charge in [-0.2, -0.15) is 0 Å². The largest absolute Gasteiger partial charge is 1.00 e. The van der Waals surface area contributed by atoms with E-state index in [1.54, 1.807) is 0 Å². The Morgan fingerprint density at radius 2 is 1.41 bits per heavy atom. The Hall–Kier alpha value is 0.830. The summed E-state index contributed by atoms with van der Waals surface area (Å²) < 4.78 is 36.3. The molecule has 0 bridgehead atoms. The summed E-state index contributed by atoms with van der Waals surface area (Å²) >= 11 is 0. The maximum Gasteiger partial charge on any atom is 1.00 e. The van der Waals surface area contributed by atoms with Gasteiger partial charge >= 0.3 is 29.6 Å². The van der Waals surface area contributed by atoms with Crippen LogP contribution in [0.3, 0.4) is 0 Å². The molecular formula is C20H41NaO5S. The molecule has 0 aliphatic carbocycles. The molecule has 0 spiro atoms. The van der Waals surface area contributed by atoms with Crippen molar-refractivity contribution in [3.05, 3.63) is 0 Å². The molecule has 0 aromatic heterocycles. The van der Waals surface area contributed by atoms with Crippen LogP contribution in [0.5, 0.6) is 0 Å². The molecule has 0 aliphatic heterocycles. The first-order valence-electron chi connectivity index (χ1n) is 10.5. The molecule has 0 saturated heterocycles. The quantitative estimate of drug-likeness (QED) is 0.293. The summed E-state index contributed by atoms with van der Waals surface area (Å²) in [4.78, 5) is -2.29. The molecular weight excluding hydrogens is 375 g/mol. The van der Waals surface area contributed by atoms with Crippen molar-refractivity contribution in [3.8, 4) is 0 Å². The van der Waals surface area contributed by atoms with Crippen LogP contribution in [0, 0.1) is 17.8 Å². The van der Waals surface area contributed by atoms with Gasteiger partial charge in [-0.15, -0.1) is 0 Å². The number of unbranched alkanes of at least 4 members (excludes halogenated alkanes) is 2. The van der Waals surface area contributed by atoms with Crippen molar-refractivity contribution in [3.63, 3.8) is 0 Å². The van der Waals surface area contributed by atoms with Gasteiger partial charge in [-0.05, 0) is 31.1 Å². The van der Waals surface area contributed by atoms with E-state index < -0.39 is 21.0 Å². The second kappa shape index (κ2) is 15.6. The smallest absolute Gasteiger partial charge is 0.746 e. The molecule has 0 heterocycles. The van der Waals surface area contributed by atoms with Gasteiger partial charge in [0.1, 0.15) is 10.1 Å². The van der Waals surface area contributed by atoms with E-state index in [2.05, 4.69) is 20.8 Å². The summed E-state index contributed by atoms with van der Waals surface area (Å²) in [6.07, 6.45) is 8.01. The monoisotopic (exact) mass is 416 g/mol. The predicted molar refractivity (Wildman–Crippen MR) is 106 cm³/mol. The van der Waals surface area contributed by atoms with Gasteiger partial charge in [0.2, 0.25) is 0 Å². The fourth-order valence-corrected chi connectivity index (χ4v) is 4.96. The second-order valence-corrected chi connectivity index (χ2v) is 9.40. The number of aliphatic hydroxyl groups is 2. The molecule has 5 nitrogen and oxygen atoms in total. The molecule has 4 atom stereocenters. The predicted octanol–water partition coefficient (Wildman–Crippen LogP) is 1.44. The Labute approximate surface area is 189 Å². The van der Waals surface area contributed by atoms with E-state index in [4.69, 9.17) is 0 Å². The third-order valence-electron chi connectivity index (χ3n) is 5.83. The molecule has 0 rings (SSSR count). The zero-order chi connectivity index (χ0) is 20.2. The van der Waals surface area contributed by atoms with E-state index in [9.17, 15) is 23.2 Å². The Morgan fingerprint density at radius 1 is 0.926 bits per heavy atom. The maximum absolute atomic E-state index is 12.1. The summed E-state index contributed by atoms with van der Waals surface area (Å²) in [6.45, 7) is 7.97. The molecule has 0 fully saturated rings. The topological polar surface area (TPSA) is 97.7 Å². The van der Waals surface area contributed by atoms with Crippen molar-refractivity contribution >= 4 is 10.1 Å². The zero-order valence-electron chi connectivity index (χ0n) is 18.2. The van der Waals surface area contributed by atoms with E-state index in [-0.39, 0.29) is 60.8 Å². The first-order valence-corrected chi connectivity index (χ1v) is 11.9. The SMILES string of the molecule is CCCCC(CC)CC(CCO)C(O)(CC(CC)CCCC)S(=O)(=O)[O-].[Na+]. The fraction of sp³-hybridized carbons (Fsp3) is 1.00. The molecule has 158 valence electrons. The Balaban J connectivity index is 0. The Kier molecular flexibility index (Phi) is 17.4. The Bertz CT molecular complexity index is 457. The molecule has 0 saturated carbocycles. The zero-order valence-corrected chi connectivity index (χ0v) is 21.1. The summed E-state index contributed by atoms with van der Waals surface area (Å²) in [5.41, 5.74) is 0. The number of hydrogen-bond donors (Lipinski definition) is 2. The second-order valence-electron chi connectivity index (χ2n) is 7.78. The summed E-state index contributed by atoms with van der Waals surface area (Å²) in [5.74, 6) is -0.455. The van der Waals surface area contributed by atoms with E-state index in [1.165, 1.54) is 0 Å². The van der Waals surface area contributed by atoms with Crippen LogP contribution >= 0.6 is 0 Å². The number of aliphatic hydroxyl groups excluding tert-OH is 1. The third-order valence-corrected chi connectivity index (χ3v) is 7.20. The van der Waals surface area contributed by atoms with Gasteiger partial charge in [-0.25, -0.2) is 8.42 Å². The summed E-state index contributed by atoms with van der Waals surface area (Å²) in [7, 11) is -4.90. The van der Waals surface area contributed by atoms with Crippen LogP contribution in [0.25, 0.3) is 0 Å². The van der Waals surface area contributed by atoms with Gasteiger partial charge in [-0.1, -0.05) is 79.1 Å². The van der Waals surface area contributed by atoms with Crippen molar-refractivity contribution in [2.24, 2.45) is 17.8 Å². The van der Waals surface area contributed by atoms with Crippen molar-refractivity contribution in [2.45, 2.75) is 103 Å². The van der Waals surface area contributed by atoms with Crippen LogP contribution in [-0.2, 0) is 10.1 Å². The average Bonchev–Trinajstić information content (AvgIpc) is 2.59. The van der Waals surface area contributed by atoms with Crippen molar-refractivity contribution in [1.29, 1.82) is 0 Å². The molecule has 27 heavy (non-hydrogen) atoms. The van der Waals surface area contributed by atoms with Gasteiger partial charge in [-0.3, -0.25) is 0 Å². The van der Waals surface area contributed by atoms with E-state index >= 15 is 0 Å². The van der Waals surface area contributed by atoms with Crippen LogP contribution in [0.15, 0.2) is 0 Å². The number of hydrogen-bond acceptors (Lipinski definition) is 5. The molecule has 2 N–H and O–H groups in total. The molecule has 4 unspecified atom stereocenters. The minimum Gasteiger partial charge on any atom is -0.746 e. The first-order chi connectivity index (χ1) is 12.2. The summed E-state index contributed by atoms with van der Waals surface area (Å²) in [6, 6.07) is 0. The fourth-order valence-electron chi connectivity index (χ4n) is 3.90. The van der Waals surface area contributed by atoms with E-state index in [0.29, 0.717) is 6.42 Å². The van der Waals surface area contributed by atoms with Crippen LogP contribution in [0.2, 0.25) is 0 Å². The van der Waals surface area contributed by atoms with Gasteiger partial charge in [0, 0.05) is 12.5 Å². The normalized spacial score (nSPS) is 17.6. The van der Waals surface area contributed by atoms with Crippen LogP contribution in [-0.4, -0.2) is 34.7 Å².